The zero-order valence-electron chi connectivity index (χ0n) is 25.9. The Kier molecular flexibility index (Phi) is 8.75. The van der Waals surface area contributed by atoms with E-state index in [2.05, 4.69) is 12.1 Å². The quantitative estimate of drug-likeness (QED) is 0.384. The fraction of sp³-hybridized carbons (Fsp3) is 0.559. The number of carbonyl (C=O) groups is 3. The van der Waals surface area contributed by atoms with Gasteiger partial charge in [-0.2, -0.15) is 0 Å². The standard InChI is InChI=1S/C34H44N2O7/c1-33(2,3)43-31(39)35-17-11-10-16-29(35)34(4,30(37)38)36(20-22-18-23(19-22)41-5)32(40)42-21-28-26-14-8-6-12-24(26)25-13-7-9-15-27(25)28/h6-9,12-15,22-23,28-29H,10-11,16-21H2,1-5H3,(H,37,38)/t22?,23?,29-,34?/m0/s1. The maximum absolute atomic E-state index is 14.1. The number of fused-ring (bicyclic) bond motifs is 3. The van der Waals surface area contributed by atoms with Crippen LogP contribution in [0.2, 0.25) is 0 Å². The van der Waals surface area contributed by atoms with Crippen LogP contribution in [-0.2, 0) is 19.0 Å². The Balaban J connectivity index is 1.44. The van der Waals surface area contributed by atoms with Crippen LogP contribution < -0.4 is 0 Å². The summed E-state index contributed by atoms with van der Waals surface area (Å²) >= 11 is 0. The number of carbonyl (C=O) groups excluding carboxylic acids is 2. The number of piperidine rings is 1. The summed E-state index contributed by atoms with van der Waals surface area (Å²) in [4.78, 5) is 43.6. The minimum absolute atomic E-state index is 0.0580. The molecule has 2 amide bonds. The number of methoxy groups -OCH3 is 1. The van der Waals surface area contributed by atoms with Gasteiger partial charge in [-0.05, 0) is 88.0 Å². The molecule has 0 radical (unpaired) electrons. The zero-order chi connectivity index (χ0) is 30.9. The first-order valence-electron chi connectivity index (χ1n) is 15.3. The fourth-order valence-corrected chi connectivity index (χ4v) is 6.89. The van der Waals surface area contributed by atoms with Crippen molar-refractivity contribution in [2.75, 3.05) is 26.8 Å². The van der Waals surface area contributed by atoms with Gasteiger partial charge in [0.1, 0.15) is 12.2 Å². The number of aliphatic carboxylic acids is 1. The van der Waals surface area contributed by atoms with Crippen molar-refractivity contribution in [2.45, 2.75) is 89.0 Å². The molecule has 1 saturated carbocycles. The number of ether oxygens (including phenoxy) is 3. The van der Waals surface area contributed by atoms with Gasteiger partial charge in [0.05, 0.1) is 12.1 Å². The molecule has 2 aliphatic carbocycles. The number of rotatable bonds is 8. The summed E-state index contributed by atoms with van der Waals surface area (Å²) in [5, 5.41) is 10.8. The van der Waals surface area contributed by atoms with Crippen molar-refractivity contribution in [1.82, 2.24) is 9.80 Å². The second-order valence-corrected chi connectivity index (χ2v) is 13.2. The molecule has 1 aliphatic heterocycles. The van der Waals surface area contributed by atoms with Crippen LogP contribution in [-0.4, -0.2) is 83.2 Å². The third-order valence-corrected chi connectivity index (χ3v) is 9.30. The Hall–Kier alpha value is -3.59. The minimum Gasteiger partial charge on any atom is -0.479 e. The molecule has 2 atom stereocenters. The number of likely N-dealkylation sites (tertiary alicyclic amines) is 1. The number of hydrogen-bond acceptors (Lipinski definition) is 6. The molecule has 0 bridgehead atoms. The highest BCUT2D eigenvalue weighted by Crippen LogP contribution is 2.45. The van der Waals surface area contributed by atoms with E-state index in [1.54, 1.807) is 34.8 Å². The first-order chi connectivity index (χ1) is 20.4. The molecule has 232 valence electrons. The third-order valence-electron chi connectivity index (χ3n) is 9.30. The number of amides is 2. The first-order valence-corrected chi connectivity index (χ1v) is 15.3. The van der Waals surface area contributed by atoms with Crippen molar-refractivity contribution >= 4 is 18.2 Å². The third kappa shape index (κ3) is 6.09. The molecule has 2 fully saturated rings. The maximum atomic E-state index is 14.1. The summed E-state index contributed by atoms with van der Waals surface area (Å²) < 4.78 is 17.2. The molecular weight excluding hydrogens is 548 g/mol. The topological polar surface area (TPSA) is 106 Å². The monoisotopic (exact) mass is 592 g/mol. The molecule has 0 aromatic heterocycles. The Morgan fingerprint density at radius 1 is 0.953 bits per heavy atom. The van der Waals surface area contributed by atoms with E-state index in [0.29, 0.717) is 13.0 Å². The lowest BCUT2D eigenvalue weighted by Gasteiger charge is -2.50. The van der Waals surface area contributed by atoms with Gasteiger partial charge in [-0.3, -0.25) is 4.90 Å². The fourth-order valence-electron chi connectivity index (χ4n) is 6.89. The van der Waals surface area contributed by atoms with Crippen LogP contribution in [0, 0.1) is 5.92 Å². The van der Waals surface area contributed by atoms with Gasteiger partial charge < -0.3 is 24.2 Å². The van der Waals surface area contributed by atoms with Gasteiger partial charge >= 0.3 is 18.2 Å². The van der Waals surface area contributed by atoms with E-state index in [1.165, 1.54) is 9.80 Å². The molecule has 1 heterocycles. The van der Waals surface area contributed by atoms with E-state index >= 15 is 0 Å². The highest BCUT2D eigenvalue weighted by molar-refractivity contribution is 5.86. The molecule has 3 aliphatic rings. The van der Waals surface area contributed by atoms with Gasteiger partial charge in [0.25, 0.3) is 0 Å². The van der Waals surface area contributed by atoms with Crippen molar-refractivity contribution in [3.63, 3.8) is 0 Å². The van der Waals surface area contributed by atoms with Crippen molar-refractivity contribution in [2.24, 2.45) is 5.92 Å². The molecule has 2 aromatic rings. The Morgan fingerprint density at radius 2 is 1.56 bits per heavy atom. The Morgan fingerprint density at radius 3 is 2.12 bits per heavy atom. The largest absolute Gasteiger partial charge is 0.479 e. The molecule has 1 N–H and O–H groups in total. The maximum Gasteiger partial charge on any atom is 0.410 e. The molecule has 5 rings (SSSR count). The average Bonchev–Trinajstić information content (AvgIpc) is 3.27. The second kappa shape index (κ2) is 12.2. The molecule has 9 heteroatoms. The summed E-state index contributed by atoms with van der Waals surface area (Å²) in [5.41, 5.74) is 1.90. The second-order valence-electron chi connectivity index (χ2n) is 13.2. The van der Waals surface area contributed by atoms with Crippen LogP contribution in [0.15, 0.2) is 48.5 Å². The van der Waals surface area contributed by atoms with Crippen molar-refractivity contribution in [1.29, 1.82) is 0 Å². The van der Waals surface area contributed by atoms with Crippen LogP contribution in [0.25, 0.3) is 11.1 Å². The summed E-state index contributed by atoms with van der Waals surface area (Å²) in [6.45, 7) is 7.53. The predicted molar refractivity (Wildman–Crippen MR) is 162 cm³/mol. The van der Waals surface area contributed by atoms with E-state index in [4.69, 9.17) is 14.2 Å². The van der Waals surface area contributed by atoms with Gasteiger partial charge in [-0.1, -0.05) is 48.5 Å². The number of carboxylic acid groups (broad SMARTS) is 1. The van der Waals surface area contributed by atoms with E-state index < -0.39 is 35.3 Å². The molecule has 43 heavy (non-hydrogen) atoms. The lowest BCUT2D eigenvalue weighted by molar-refractivity contribution is -0.156. The summed E-state index contributed by atoms with van der Waals surface area (Å²) in [6.07, 6.45) is 2.16. The summed E-state index contributed by atoms with van der Waals surface area (Å²) in [5.74, 6) is -1.28. The zero-order valence-corrected chi connectivity index (χ0v) is 25.9. The van der Waals surface area contributed by atoms with Crippen LogP contribution in [0.3, 0.4) is 0 Å². The Bertz CT molecular complexity index is 1300. The lowest BCUT2D eigenvalue weighted by Crippen LogP contribution is -2.69. The van der Waals surface area contributed by atoms with Gasteiger partial charge in [0.15, 0.2) is 5.54 Å². The molecular formula is C34H44N2O7. The minimum atomic E-state index is -1.74. The van der Waals surface area contributed by atoms with Gasteiger partial charge in [-0.25, -0.2) is 14.4 Å². The van der Waals surface area contributed by atoms with Gasteiger partial charge in [0, 0.05) is 26.1 Å². The molecule has 2 aromatic carbocycles. The van der Waals surface area contributed by atoms with Gasteiger partial charge in [-0.15, -0.1) is 0 Å². The Labute approximate surface area is 254 Å². The molecule has 9 nitrogen and oxygen atoms in total. The van der Waals surface area contributed by atoms with E-state index in [0.717, 1.165) is 47.9 Å². The van der Waals surface area contributed by atoms with E-state index in [9.17, 15) is 19.5 Å². The summed E-state index contributed by atoms with van der Waals surface area (Å²) in [7, 11) is 1.66. The van der Waals surface area contributed by atoms with E-state index in [1.807, 2.05) is 36.4 Å². The van der Waals surface area contributed by atoms with Crippen molar-refractivity contribution < 1.29 is 33.7 Å². The predicted octanol–water partition coefficient (Wildman–Crippen LogP) is 6.30. The molecule has 1 unspecified atom stereocenters. The number of benzene rings is 2. The number of hydrogen-bond donors (Lipinski definition) is 1. The smallest absolute Gasteiger partial charge is 0.410 e. The lowest BCUT2D eigenvalue weighted by atomic mass is 9.78. The van der Waals surface area contributed by atoms with Crippen molar-refractivity contribution in [3.05, 3.63) is 59.7 Å². The van der Waals surface area contributed by atoms with Crippen LogP contribution in [0.5, 0.6) is 0 Å². The SMILES string of the molecule is COC1CC(CN(C(=O)OCC2c3ccccc3-c3ccccc32)C(C)(C(=O)O)[C@@H]2CCCCN2C(=O)OC(C)(C)C)C1. The highest BCUT2D eigenvalue weighted by Gasteiger charge is 2.55. The molecule has 0 spiro atoms. The summed E-state index contributed by atoms with van der Waals surface area (Å²) in [6, 6.07) is 15.4. The molecule has 1 saturated heterocycles. The van der Waals surface area contributed by atoms with Crippen LogP contribution in [0.1, 0.15) is 76.8 Å². The van der Waals surface area contributed by atoms with Crippen LogP contribution >= 0.6 is 0 Å². The van der Waals surface area contributed by atoms with Gasteiger partial charge in [0.2, 0.25) is 0 Å². The van der Waals surface area contributed by atoms with E-state index in [-0.39, 0.29) is 31.1 Å². The normalized spacial score (nSPS) is 22.9. The first kappa shape index (κ1) is 30.9. The number of nitrogens with zero attached hydrogens (tertiary/aromatic N) is 2. The number of carboxylic acids is 1. The average molecular weight is 593 g/mol. The van der Waals surface area contributed by atoms with Crippen molar-refractivity contribution in [3.8, 4) is 11.1 Å². The highest BCUT2D eigenvalue weighted by atomic mass is 16.6. The van der Waals surface area contributed by atoms with Crippen LogP contribution in [0.4, 0.5) is 9.59 Å².